The standard InChI is InChI=1S/C18H29FN2/c1-5-8-20-15(4)16-6-7-18(17(19)10-16)21-11-13(2)9-14(3)12-21/h6-7,10,13-15,20H,5,8-9,11-12H2,1-4H3. The molecule has 118 valence electrons. The van der Waals surface area contributed by atoms with Crippen LogP contribution in [0.15, 0.2) is 18.2 Å². The van der Waals surface area contributed by atoms with Crippen LogP contribution in [-0.4, -0.2) is 19.6 Å². The Bertz CT molecular complexity index is 451. The first kappa shape index (κ1) is 16.3. The summed E-state index contributed by atoms with van der Waals surface area (Å²) < 4.78 is 14.5. The molecule has 0 aromatic heterocycles. The van der Waals surface area contributed by atoms with E-state index in [0.717, 1.165) is 37.3 Å². The number of halogens is 1. The van der Waals surface area contributed by atoms with Crippen molar-refractivity contribution in [3.05, 3.63) is 29.6 Å². The summed E-state index contributed by atoms with van der Waals surface area (Å²) in [6.07, 6.45) is 2.34. The Hall–Kier alpha value is -1.09. The quantitative estimate of drug-likeness (QED) is 0.867. The fourth-order valence-electron chi connectivity index (χ4n) is 3.39. The molecule has 0 radical (unpaired) electrons. The number of benzene rings is 1. The van der Waals surface area contributed by atoms with Crippen molar-refractivity contribution in [2.24, 2.45) is 11.8 Å². The van der Waals surface area contributed by atoms with Crippen LogP contribution in [-0.2, 0) is 0 Å². The maximum Gasteiger partial charge on any atom is 0.146 e. The molecule has 1 aromatic rings. The summed E-state index contributed by atoms with van der Waals surface area (Å²) in [7, 11) is 0. The van der Waals surface area contributed by atoms with E-state index in [0.29, 0.717) is 11.8 Å². The maximum absolute atomic E-state index is 14.5. The number of piperidine rings is 1. The molecule has 1 saturated heterocycles. The van der Waals surface area contributed by atoms with Crippen LogP contribution >= 0.6 is 0 Å². The molecule has 0 amide bonds. The molecule has 21 heavy (non-hydrogen) atoms. The molecule has 1 aromatic carbocycles. The minimum absolute atomic E-state index is 0.0843. The van der Waals surface area contributed by atoms with E-state index in [4.69, 9.17) is 0 Å². The van der Waals surface area contributed by atoms with Gasteiger partial charge in [0.1, 0.15) is 5.82 Å². The van der Waals surface area contributed by atoms with Crippen LogP contribution in [0.5, 0.6) is 0 Å². The Labute approximate surface area is 128 Å². The van der Waals surface area contributed by atoms with E-state index >= 15 is 0 Å². The molecule has 1 aliphatic rings. The summed E-state index contributed by atoms with van der Waals surface area (Å²) in [6, 6.07) is 5.93. The monoisotopic (exact) mass is 292 g/mol. The first-order chi connectivity index (χ1) is 10.0. The summed E-state index contributed by atoms with van der Waals surface area (Å²) in [6.45, 7) is 11.6. The lowest BCUT2D eigenvalue weighted by atomic mass is 9.91. The van der Waals surface area contributed by atoms with Crippen LogP contribution in [0.25, 0.3) is 0 Å². The van der Waals surface area contributed by atoms with Gasteiger partial charge in [-0.25, -0.2) is 4.39 Å². The summed E-state index contributed by atoms with van der Waals surface area (Å²) in [4.78, 5) is 2.21. The van der Waals surface area contributed by atoms with E-state index in [1.165, 1.54) is 6.42 Å². The Kier molecular flexibility index (Phi) is 5.63. The average molecular weight is 292 g/mol. The molecule has 1 aliphatic heterocycles. The van der Waals surface area contributed by atoms with Gasteiger partial charge in [0.25, 0.3) is 0 Å². The van der Waals surface area contributed by atoms with Crippen LogP contribution < -0.4 is 10.2 Å². The molecule has 2 nitrogen and oxygen atoms in total. The van der Waals surface area contributed by atoms with Gasteiger partial charge in [0.05, 0.1) is 5.69 Å². The molecule has 2 rings (SSSR count). The number of anilines is 1. The van der Waals surface area contributed by atoms with Gasteiger partial charge in [-0.1, -0.05) is 26.8 Å². The highest BCUT2D eigenvalue weighted by Crippen LogP contribution is 2.29. The molecular formula is C18H29FN2. The largest absolute Gasteiger partial charge is 0.369 e. The molecule has 1 N–H and O–H groups in total. The Balaban J connectivity index is 2.11. The van der Waals surface area contributed by atoms with Gasteiger partial charge in [0.15, 0.2) is 0 Å². The highest BCUT2D eigenvalue weighted by Gasteiger charge is 2.24. The van der Waals surface area contributed by atoms with Crippen LogP contribution in [0.3, 0.4) is 0 Å². The van der Waals surface area contributed by atoms with Crippen molar-refractivity contribution < 1.29 is 4.39 Å². The van der Waals surface area contributed by atoms with Crippen molar-refractivity contribution in [1.82, 2.24) is 5.32 Å². The molecule has 1 heterocycles. The summed E-state index contributed by atoms with van der Waals surface area (Å²) in [5.74, 6) is 1.19. The highest BCUT2D eigenvalue weighted by molar-refractivity contribution is 5.50. The minimum Gasteiger partial charge on any atom is -0.369 e. The van der Waals surface area contributed by atoms with E-state index in [-0.39, 0.29) is 11.9 Å². The fraction of sp³-hybridized carbons (Fsp3) is 0.667. The number of rotatable bonds is 5. The van der Waals surface area contributed by atoms with E-state index in [1.807, 2.05) is 6.07 Å². The topological polar surface area (TPSA) is 15.3 Å². The molecule has 0 bridgehead atoms. The second-order valence-corrected chi connectivity index (χ2v) is 6.74. The SMILES string of the molecule is CCCNC(C)c1ccc(N2CC(C)CC(C)C2)c(F)c1. The molecule has 0 saturated carbocycles. The summed E-state index contributed by atoms with van der Waals surface area (Å²) >= 11 is 0. The van der Waals surface area contributed by atoms with Crippen molar-refractivity contribution >= 4 is 5.69 Å². The molecule has 0 aliphatic carbocycles. The molecule has 3 heteroatoms. The van der Waals surface area contributed by atoms with Gasteiger partial charge >= 0.3 is 0 Å². The van der Waals surface area contributed by atoms with Crippen molar-refractivity contribution in [3.8, 4) is 0 Å². The zero-order valence-electron chi connectivity index (χ0n) is 13.8. The zero-order valence-corrected chi connectivity index (χ0v) is 13.8. The zero-order chi connectivity index (χ0) is 15.4. The molecule has 1 fully saturated rings. The van der Waals surface area contributed by atoms with Crippen LogP contribution in [0.1, 0.15) is 52.1 Å². The van der Waals surface area contributed by atoms with Gasteiger partial charge in [0, 0.05) is 19.1 Å². The molecule has 3 atom stereocenters. The summed E-state index contributed by atoms with van der Waals surface area (Å²) in [5.41, 5.74) is 1.79. The van der Waals surface area contributed by atoms with Gasteiger partial charge in [-0.3, -0.25) is 0 Å². The second kappa shape index (κ2) is 7.26. The highest BCUT2D eigenvalue weighted by atomic mass is 19.1. The third kappa shape index (κ3) is 4.19. The lowest BCUT2D eigenvalue weighted by molar-refractivity contribution is 0.354. The maximum atomic E-state index is 14.5. The van der Waals surface area contributed by atoms with E-state index in [9.17, 15) is 4.39 Å². The first-order valence-electron chi connectivity index (χ1n) is 8.29. The minimum atomic E-state index is -0.0843. The second-order valence-electron chi connectivity index (χ2n) is 6.74. The lowest BCUT2D eigenvalue weighted by Gasteiger charge is -2.37. The number of hydrogen-bond donors (Lipinski definition) is 1. The predicted octanol–water partition coefficient (Wildman–Crippen LogP) is 4.37. The summed E-state index contributed by atoms with van der Waals surface area (Å²) in [5, 5.41) is 3.41. The number of nitrogens with zero attached hydrogens (tertiary/aromatic N) is 1. The fourth-order valence-corrected chi connectivity index (χ4v) is 3.39. The Morgan fingerprint density at radius 3 is 2.52 bits per heavy atom. The van der Waals surface area contributed by atoms with Gasteiger partial charge < -0.3 is 10.2 Å². The van der Waals surface area contributed by atoms with Gasteiger partial charge in [-0.2, -0.15) is 0 Å². The Morgan fingerprint density at radius 1 is 1.29 bits per heavy atom. The van der Waals surface area contributed by atoms with Gasteiger partial charge in [-0.15, -0.1) is 0 Å². The first-order valence-corrected chi connectivity index (χ1v) is 8.29. The lowest BCUT2D eigenvalue weighted by Crippen LogP contribution is -2.39. The van der Waals surface area contributed by atoms with Crippen LogP contribution in [0.4, 0.5) is 10.1 Å². The van der Waals surface area contributed by atoms with Crippen molar-refractivity contribution in [3.63, 3.8) is 0 Å². The van der Waals surface area contributed by atoms with Crippen molar-refractivity contribution in [1.29, 1.82) is 0 Å². The molecule has 0 spiro atoms. The van der Waals surface area contributed by atoms with E-state index in [1.54, 1.807) is 6.07 Å². The van der Waals surface area contributed by atoms with Crippen LogP contribution in [0, 0.1) is 17.7 Å². The van der Waals surface area contributed by atoms with Crippen molar-refractivity contribution in [2.45, 2.75) is 46.6 Å². The third-order valence-electron chi connectivity index (χ3n) is 4.38. The smallest absolute Gasteiger partial charge is 0.146 e. The van der Waals surface area contributed by atoms with Crippen molar-refractivity contribution in [2.75, 3.05) is 24.5 Å². The van der Waals surface area contributed by atoms with Crippen LogP contribution in [0.2, 0.25) is 0 Å². The third-order valence-corrected chi connectivity index (χ3v) is 4.38. The van der Waals surface area contributed by atoms with Gasteiger partial charge in [0.2, 0.25) is 0 Å². The Morgan fingerprint density at radius 2 is 1.95 bits per heavy atom. The van der Waals surface area contributed by atoms with Gasteiger partial charge in [-0.05, 0) is 55.8 Å². The number of nitrogens with one attached hydrogen (secondary N) is 1. The average Bonchev–Trinajstić information content (AvgIpc) is 2.43. The predicted molar refractivity (Wildman–Crippen MR) is 88.3 cm³/mol. The normalized spacial score (nSPS) is 24.1. The van der Waals surface area contributed by atoms with E-state index in [2.05, 4.69) is 44.0 Å². The molecule has 3 unspecified atom stereocenters. The number of hydrogen-bond acceptors (Lipinski definition) is 2. The van der Waals surface area contributed by atoms with E-state index < -0.39 is 0 Å². The molecular weight excluding hydrogens is 263 g/mol.